The van der Waals surface area contributed by atoms with Crippen molar-refractivity contribution in [3.8, 4) is 17.6 Å². The number of nitrogen functional groups attached to an aromatic ring is 1. The van der Waals surface area contributed by atoms with Crippen LogP contribution in [0.15, 0.2) is 48.5 Å². The van der Waals surface area contributed by atoms with Gasteiger partial charge in [0.15, 0.2) is 5.82 Å². The van der Waals surface area contributed by atoms with E-state index in [-0.39, 0.29) is 18.5 Å². The molecular weight excluding hydrogens is 332 g/mol. The molecule has 0 spiro atoms. The molecule has 0 amide bonds. The van der Waals surface area contributed by atoms with Gasteiger partial charge in [0.2, 0.25) is 11.9 Å². The summed E-state index contributed by atoms with van der Waals surface area (Å²) in [5.41, 5.74) is 6.98. The van der Waals surface area contributed by atoms with Crippen LogP contribution in [0.5, 0.6) is 11.5 Å². The monoisotopic (exact) mass is 348 g/mol. The molecule has 130 valence electrons. The predicted molar refractivity (Wildman–Crippen MR) is 96.0 cm³/mol. The minimum absolute atomic E-state index is 0.0711. The van der Waals surface area contributed by atoms with Gasteiger partial charge in [-0.15, -0.1) is 0 Å². The van der Waals surface area contributed by atoms with Crippen molar-refractivity contribution in [1.29, 1.82) is 5.26 Å². The Bertz CT molecular complexity index is 954. The Labute approximate surface area is 150 Å². The van der Waals surface area contributed by atoms with Gasteiger partial charge in [0.25, 0.3) is 0 Å². The third kappa shape index (κ3) is 4.15. The summed E-state index contributed by atoms with van der Waals surface area (Å²) in [6, 6.07) is 16.3. The number of ether oxygens (including phenoxy) is 2. The average Bonchev–Trinajstić information content (AvgIpc) is 2.66. The molecule has 2 aromatic carbocycles. The number of nitrogens with zero attached hydrogens (tertiary/aromatic N) is 4. The van der Waals surface area contributed by atoms with Crippen molar-refractivity contribution in [3.63, 3.8) is 0 Å². The zero-order valence-corrected chi connectivity index (χ0v) is 14.0. The lowest BCUT2D eigenvalue weighted by Gasteiger charge is -2.11. The van der Waals surface area contributed by atoms with Crippen molar-refractivity contribution in [1.82, 2.24) is 15.0 Å². The zero-order chi connectivity index (χ0) is 18.4. The molecule has 0 aliphatic heterocycles. The van der Waals surface area contributed by atoms with Crippen LogP contribution < -0.4 is 20.5 Å². The maximum absolute atomic E-state index is 8.93. The molecule has 1 aromatic heterocycles. The third-order valence-electron chi connectivity index (χ3n) is 3.38. The maximum atomic E-state index is 8.93. The van der Waals surface area contributed by atoms with Gasteiger partial charge in [-0.25, -0.2) is 0 Å². The third-order valence-corrected chi connectivity index (χ3v) is 3.38. The lowest BCUT2D eigenvalue weighted by Crippen LogP contribution is -2.09. The molecule has 3 N–H and O–H groups in total. The number of nitriles is 1. The minimum Gasteiger partial charge on any atom is -0.495 e. The van der Waals surface area contributed by atoms with Gasteiger partial charge < -0.3 is 20.5 Å². The number of anilines is 3. The Hall–Kier alpha value is -3.86. The largest absolute Gasteiger partial charge is 0.495 e. The van der Waals surface area contributed by atoms with E-state index in [0.29, 0.717) is 28.6 Å². The van der Waals surface area contributed by atoms with Crippen molar-refractivity contribution in [3.05, 3.63) is 59.9 Å². The van der Waals surface area contributed by atoms with E-state index in [9.17, 15) is 0 Å². The molecule has 0 fully saturated rings. The van der Waals surface area contributed by atoms with Crippen molar-refractivity contribution in [2.75, 3.05) is 18.2 Å². The van der Waals surface area contributed by atoms with Gasteiger partial charge in [0.05, 0.1) is 24.4 Å². The maximum Gasteiger partial charge on any atom is 0.232 e. The van der Waals surface area contributed by atoms with Gasteiger partial charge in [-0.2, -0.15) is 20.2 Å². The van der Waals surface area contributed by atoms with Crippen molar-refractivity contribution < 1.29 is 9.47 Å². The number of aromatic nitrogens is 3. The summed E-state index contributed by atoms with van der Waals surface area (Å²) in [5, 5.41) is 12.0. The lowest BCUT2D eigenvalue weighted by atomic mass is 10.2. The Morgan fingerprint density at radius 3 is 2.77 bits per heavy atom. The van der Waals surface area contributed by atoms with E-state index in [1.54, 1.807) is 31.4 Å². The van der Waals surface area contributed by atoms with E-state index >= 15 is 0 Å². The fourth-order valence-electron chi connectivity index (χ4n) is 2.23. The van der Waals surface area contributed by atoms with E-state index in [0.717, 1.165) is 0 Å². The van der Waals surface area contributed by atoms with Gasteiger partial charge >= 0.3 is 0 Å². The Morgan fingerprint density at radius 1 is 1.12 bits per heavy atom. The molecule has 1 heterocycles. The summed E-state index contributed by atoms with van der Waals surface area (Å²) < 4.78 is 10.9. The Kier molecular flexibility index (Phi) is 5.10. The number of rotatable bonds is 6. The number of para-hydroxylation sites is 2. The number of nitrogens with two attached hydrogens (primary N) is 1. The van der Waals surface area contributed by atoms with Crippen molar-refractivity contribution in [2.45, 2.75) is 6.61 Å². The molecular formula is C18H16N6O2. The molecule has 0 saturated carbocycles. The van der Waals surface area contributed by atoms with Crippen LogP contribution in [0.3, 0.4) is 0 Å². The van der Waals surface area contributed by atoms with Crippen molar-refractivity contribution >= 4 is 17.6 Å². The molecule has 26 heavy (non-hydrogen) atoms. The number of nitrogens with one attached hydrogen (secondary N) is 1. The summed E-state index contributed by atoms with van der Waals surface area (Å²) in [4.78, 5) is 12.5. The number of hydrogen-bond acceptors (Lipinski definition) is 8. The molecule has 8 nitrogen and oxygen atoms in total. The first-order valence-corrected chi connectivity index (χ1v) is 7.71. The summed E-state index contributed by atoms with van der Waals surface area (Å²) >= 11 is 0. The highest BCUT2D eigenvalue weighted by Gasteiger charge is 2.08. The molecule has 8 heteroatoms. The van der Waals surface area contributed by atoms with E-state index in [1.165, 1.54) is 0 Å². The van der Waals surface area contributed by atoms with E-state index in [4.69, 9.17) is 20.5 Å². The Balaban J connectivity index is 1.76. The fraction of sp³-hybridized carbons (Fsp3) is 0.111. The topological polar surface area (TPSA) is 119 Å². The molecule has 3 aromatic rings. The molecule has 0 atom stereocenters. The van der Waals surface area contributed by atoms with Gasteiger partial charge in [0.1, 0.15) is 18.1 Å². The number of hydrogen-bond donors (Lipinski definition) is 2. The second-order valence-electron chi connectivity index (χ2n) is 5.19. The van der Waals surface area contributed by atoms with Crippen LogP contribution in [0.25, 0.3) is 0 Å². The minimum atomic E-state index is 0.0711. The first kappa shape index (κ1) is 17.0. The highest BCUT2D eigenvalue weighted by atomic mass is 16.5. The lowest BCUT2D eigenvalue weighted by molar-refractivity contribution is 0.296. The van der Waals surface area contributed by atoms with E-state index in [1.807, 2.05) is 24.3 Å². The average molecular weight is 348 g/mol. The highest BCUT2D eigenvalue weighted by Crippen LogP contribution is 2.25. The first-order chi connectivity index (χ1) is 12.7. The molecule has 0 aliphatic carbocycles. The molecule has 0 saturated heterocycles. The summed E-state index contributed by atoms with van der Waals surface area (Å²) in [6.07, 6.45) is 0. The first-order valence-electron chi connectivity index (χ1n) is 7.71. The van der Waals surface area contributed by atoms with E-state index < -0.39 is 0 Å². The molecule has 0 unspecified atom stereocenters. The van der Waals surface area contributed by atoms with E-state index in [2.05, 4.69) is 26.3 Å². The van der Waals surface area contributed by atoms with Gasteiger partial charge in [-0.05, 0) is 30.3 Å². The smallest absolute Gasteiger partial charge is 0.232 e. The molecule has 0 bridgehead atoms. The molecule has 3 rings (SSSR count). The molecule has 0 aliphatic rings. The summed E-state index contributed by atoms with van der Waals surface area (Å²) in [5.74, 6) is 1.91. The predicted octanol–water partition coefficient (Wildman–Crippen LogP) is 2.66. The molecule has 0 radical (unpaired) electrons. The zero-order valence-electron chi connectivity index (χ0n) is 14.0. The van der Waals surface area contributed by atoms with Crippen LogP contribution in [0, 0.1) is 11.3 Å². The van der Waals surface area contributed by atoms with Crippen LogP contribution in [-0.4, -0.2) is 22.1 Å². The SMILES string of the molecule is COc1ccccc1Nc1nc(N)nc(COc2cccc(C#N)c2)n1. The number of methoxy groups -OCH3 is 1. The van der Waals surface area contributed by atoms with Crippen LogP contribution in [0.2, 0.25) is 0 Å². The normalized spacial score (nSPS) is 10.0. The second-order valence-corrected chi connectivity index (χ2v) is 5.19. The van der Waals surface area contributed by atoms with Crippen LogP contribution >= 0.6 is 0 Å². The summed E-state index contributed by atoms with van der Waals surface area (Å²) in [7, 11) is 1.58. The van der Waals surface area contributed by atoms with Gasteiger partial charge in [0, 0.05) is 0 Å². The van der Waals surface area contributed by atoms with Crippen LogP contribution in [0.1, 0.15) is 11.4 Å². The number of benzene rings is 2. The second kappa shape index (κ2) is 7.81. The van der Waals surface area contributed by atoms with Crippen LogP contribution in [-0.2, 0) is 6.61 Å². The van der Waals surface area contributed by atoms with Crippen molar-refractivity contribution in [2.24, 2.45) is 0 Å². The van der Waals surface area contributed by atoms with Gasteiger partial charge in [-0.3, -0.25) is 0 Å². The van der Waals surface area contributed by atoms with Gasteiger partial charge in [-0.1, -0.05) is 18.2 Å². The fourth-order valence-corrected chi connectivity index (χ4v) is 2.23. The highest BCUT2D eigenvalue weighted by molar-refractivity contribution is 5.62. The standard InChI is InChI=1S/C18H16N6O2/c1-25-15-8-3-2-7-14(15)21-18-23-16(22-17(20)24-18)11-26-13-6-4-5-12(9-13)10-19/h2-9H,11H2,1H3,(H3,20,21,22,23,24). The van der Waals surface area contributed by atoms with Crippen LogP contribution in [0.4, 0.5) is 17.6 Å². The Morgan fingerprint density at radius 2 is 1.96 bits per heavy atom. The summed E-state index contributed by atoms with van der Waals surface area (Å²) in [6.45, 7) is 0.0855. The quantitative estimate of drug-likeness (QED) is 0.698.